The van der Waals surface area contributed by atoms with Gasteiger partial charge in [-0.05, 0) is 38.0 Å². The molecule has 102 valence electrons. The normalized spacial score (nSPS) is 31.4. The lowest BCUT2D eigenvalue weighted by Crippen LogP contribution is -2.31. The van der Waals surface area contributed by atoms with Crippen molar-refractivity contribution >= 4 is 11.9 Å². The van der Waals surface area contributed by atoms with E-state index in [-0.39, 0.29) is 17.7 Å². The summed E-state index contributed by atoms with van der Waals surface area (Å²) in [5.41, 5.74) is 0. The minimum Gasteiger partial charge on any atom is -0.481 e. The molecule has 2 rings (SSSR count). The third-order valence-corrected chi connectivity index (χ3v) is 4.03. The Bertz CT molecular complexity index is 312. The van der Waals surface area contributed by atoms with Gasteiger partial charge in [-0.2, -0.15) is 0 Å². The lowest BCUT2D eigenvalue weighted by Gasteiger charge is -2.12. The van der Waals surface area contributed by atoms with Crippen molar-refractivity contribution in [3.8, 4) is 0 Å². The van der Waals surface area contributed by atoms with Gasteiger partial charge in [0.25, 0.3) is 0 Å². The molecule has 1 aliphatic heterocycles. The van der Waals surface area contributed by atoms with E-state index < -0.39 is 5.97 Å². The summed E-state index contributed by atoms with van der Waals surface area (Å²) in [6.07, 6.45) is 3.87. The van der Waals surface area contributed by atoms with Crippen LogP contribution >= 0.6 is 0 Å². The molecule has 1 heterocycles. The molecule has 5 heteroatoms. The lowest BCUT2D eigenvalue weighted by molar-refractivity contribution is -0.141. The standard InChI is InChI=1S/C13H21NO4/c15-12(10-1-2-11(7-10)13(16)17)14-5-3-9-4-6-18-8-9/h9-11H,1-8H2,(H,14,15)(H,16,17)/t9?,10-,11+/m1/s1. The van der Waals surface area contributed by atoms with Gasteiger partial charge in [0.05, 0.1) is 5.92 Å². The van der Waals surface area contributed by atoms with E-state index in [0.29, 0.717) is 31.7 Å². The van der Waals surface area contributed by atoms with Crippen molar-refractivity contribution in [3.63, 3.8) is 0 Å². The van der Waals surface area contributed by atoms with Crippen LogP contribution in [0.3, 0.4) is 0 Å². The first-order valence-corrected chi connectivity index (χ1v) is 6.75. The summed E-state index contributed by atoms with van der Waals surface area (Å²) in [6, 6.07) is 0. The van der Waals surface area contributed by atoms with Gasteiger partial charge in [0.1, 0.15) is 0 Å². The largest absolute Gasteiger partial charge is 0.481 e. The maximum atomic E-state index is 11.9. The molecule has 1 amide bonds. The summed E-state index contributed by atoms with van der Waals surface area (Å²) in [5.74, 6) is -0.610. The number of carbonyl (C=O) groups is 2. The Labute approximate surface area is 107 Å². The molecular formula is C13H21NO4. The highest BCUT2D eigenvalue weighted by Crippen LogP contribution is 2.31. The van der Waals surface area contributed by atoms with Gasteiger partial charge in [0.2, 0.25) is 5.91 Å². The van der Waals surface area contributed by atoms with E-state index in [9.17, 15) is 9.59 Å². The number of amides is 1. The predicted octanol–water partition coefficient (Wildman–Crippen LogP) is 1.03. The predicted molar refractivity (Wildman–Crippen MR) is 65.0 cm³/mol. The zero-order valence-corrected chi connectivity index (χ0v) is 10.6. The first kappa shape index (κ1) is 13.3. The molecule has 0 spiro atoms. The van der Waals surface area contributed by atoms with E-state index in [4.69, 9.17) is 9.84 Å². The van der Waals surface area contributed by atoms with Crippen molar-refractivity contribution < 1.29 is 19.4 Å². The minimum absolute atomic E-state index is 0.0256. The van der Waals surface area contributed by atoms with Gasteiger partial charge in [-0.15, -0.1) is 0 Å². The number of carbonyl (C=O) groups excluding carboxylic acids is 1. The van der Waals surface area contributed by atoms with E-state index in [1.165, 1.54) is 0 Å². The van der Waals surface area contributed by atoms with Crippen LogP contribution in [0.15, 0.2) is 0 Å². The zero-order chi connectivity index (χ0) is 13.0. The first-order valence-electron chi connectivity index (χ1n) is 6.75. The molecule has 0 bridgehead atoms. The quantitative estimate of drug-likeness (QED) is 0.769. The Morgan fingerprint density at radius 1 is 1.22 bits per heavy atom. The number of nitrogens with one attached hydrogen (secondary N) is 1. The molecule has 1 aliphatic carbocycles. The molecule has 1 saturated heterocycles. The van der Waals surface area contributed by atoms with Crippen molar-refractivity contribution in [1.82, 2.24) is 5.32 Å². The molecule has 2 aliphatic rings. The summed E-state index contributed by atoms with van der Waals surface area (Å²) < 4.78 is 5.28. The SMILES string of the molecule is O=C(O)[C@H]1CC[C@@H](C(=O)NCCC2CCOC2)C1. The molecule has 2 fully saturated rings. The van der Waals surface area contributed by atoms with Crippen LogP contribution in [0.2, 0.25) is 0 Å². The average molecular weight is 255 g/mol. The summed E-state index contributed by atoms with van der Waals surface area (Å²) in [4.78, 5) is 22.7. The minimum atomic E-state index is -0.770. The van der Waals surface area contributed by atoms with Crippen LogP contribution in [0.4, 0.5) is 0 Å². The molecule has 0 aromatic carbocycles. The van der Waals surface area contributed by atoms with Crippen LogP contribution in [0, 0.1) is 17.8 Å². The van der Waals surface area contributed by atoms with Gasteiger partial charge in [0.15, 0.2) is 0 Å². The molecule has 2 N–H and O–H groups in total. The molecule has 1 unspecified atom stereocenters. The second kappa shape index (κ2) is 6.18. The Hall–Kier alpha value is -1.10. The van der Waals surface area contributed by atoms with E-state index in [2.05, 4.69) is 5.32 Å². The number of ether oxygens (including phenoxy) is 1. The molecule has 5 nitrogen and oxygen atoms in total. The molecule has 0 aromatic rings. The Balaban J connectivity index is 1.64. The summed E-state index contributed by atoms with van der Waals surface area (Å²) in [7, 11) is 0. The maximum absolute atomic E-state index is 11.9. The number of rotatable bonds is 5. The fourth-order valence-electron chi connectivity index (χ4n) is 2.80. The van der Waals surface area contributed by atoms with Gasteiger partial charge < -0.3 is 15.2 Å². The topological polar surface area (TPSA) is 75.6 Å². The second-order valence-corrected chi connectivity index (χ2v) is 5.35. The number of carboxylic acid groups (broad SMARTS) is 1. The third kappa shape index (κ3) is 3.45. The molecular weight excluding hydrogens is 234 g/mol. The number of aliphatic carboxylic acids is 1. The van der Waals surface area contributed by atoms with Crippen LogP contribution in [0.1, 0.15) is 32.1 Å². The highest BCUT2D eigenvalue weighted by atomic mass is 16.5. The van der Waals surface area contributed by atoms with Crippen LogP contribution < -0.4 is 5.32 Å². The smallest absolute Gasteiger partial charge is 0.306 e. The third-order valence-electron chi connectivity index (χ3n) is 4.03. The Morgan fingerprint density at radius 2 is 2.00 bits per heavy atom. The highest BCUT2D eigenvalue weighted by molar-refractivity contribution is 5.80. The highest BCUT2D eigenvalue weighted by Gasteiger charge is 2.33. The van der Waals surface area contributed by atoms with Crippen LogP contribution in [0.5, 0.6) is 0 Å². The van der Waals surface area contributed by atoms with Crippen LogP contribution in [-0.2, 0) is 14.3 Å². The molecule has 18 heavy (non-hydrogen) atoms. The monoisotopic (exact) mass is 255 g/mol. The van der Waals surface area contributed by atoms with Gasteiger partial charge in [-0.3, -0.25) is 9.59 Å². The van der Waals surface area contributed by atoms with E-state index in [1.807, 2.05) is 0 Å². The van der Waals surface area contributed by atoms with Crippen molar-refractivity contribution in [2.75, 3.05) is 19.8 Å². The van der Waals surface area contributed by atoms with Crippen molar-refractivity contribution in [3.05, 3.63) is 0 Å². The van der Waals surface area contributed by atoms with Gasteiger partial charge in [-0.1, -0.05) is 0 Å². The Kier molecular flexibility index (Phi) is 4.58. The Morgan fingerprint density at radius 3 is 2.61 bits per heavy atom. The summed E-state index contributed by atoms with van der Waals surface area (Å²) in [5, 5.41) is 11.8. The molecule has 3 atom stereocenters. The van der Waals surface area contributed by atoms with E-state index >= 15 is 0 Å². The van der Waals surface area contributed by atoms with Crippen molar-refractivity contribution in [2.45, 2.75) is 32.1 Å². The van der Waals surface area contributed by atoms with Crippen LogP contribution in [-0.4, -0.2) is 36.7 Å². The molecule has 1 saturated carbocycles. The first-order chi connectivity index (χ1) is 8.66. The van der Waals surface area contributed by atoms with Crippen molar-refractivity contribution in [1.29, 1.82) is 0 Å². The van der Waals surface area contributed by atoms with Crippen LogP contribution in [0.25, 0.3) is 0 Å². The fraction of sp³-hybridized carbons (Fsp3) is 0.846. The second-order valence-electron chi connectivity index (χ2n) is 5.35. The molecule has 0 aromatic heterocycles. The van der Waals surface area contributed by atoms with Gasteiger partial charge in [0, 0.05) is 25.7 Å². The van der Waals surface area contributed by atoms with E-state index in [0.717, 1.165) is 26.1 Å². The number of hydrogen-bond acceptors (Lipinski definition) is 3. The van der Waals surface area contributed by atoms with E-state index in [1.54, 1.807) is 0 Å². The zero-order valence-electron chi connectivity index (χ0n) is 10.6. The molecule has 0 radical (unpaired) electrons. The van der Waals surface area contributed by atoms with Gasteiger partial charge in [-0.25, -0.2) is 0 Å². The van der Waals surface area contributed by atoms with Crippen molar-refractivity contribution in [2.24, 2.45) is 17.8 Å². The lowest BCUT2D eigenvalue weighted by atomic mass is 10.0. The maximum Gasteiger partial charge on any atom is 0.306 e. The summed E-state index contributed by atoms with van der Waals surface area (Å²) >= 11 is 0. The number of carboxylic acids is 1. The van der Waals surface area contributed by atoms with Gasteiger partial charge >= 0.3 is 5.97 Å². The fourth-order valence-corrected chi connectivity index (χ4v) is 2.80. The average Bonchev–Trinajstić information content (AvgIpc) is 2.99. The number of hydrogen-bond donors (Lipinski definition) is 2. The summed E-state index contributed by atoms with van der Waals surface area (Å²) in [6.45, 7) is 2.32.